The lowest BCUT2D eigenvalue weighted by Crippen LogP contribution is -2.29. The van der Waals surface area contributed by atoms with E-state index in [1.165, 1.54) is 0 Å². The zero-order valence-corrected chi connectivity index (χ0v) is 17.3. The Hall–Kier alpha value is -3.47. The maximum atomic E-state index is 12.6. The fourth-order valence-corrected chi connectivity index (χ4v) is 3.13. The first-order valence-corrected chi connectivity index (χ1v) is 9.94. The summed E-state index contributed by atoms with van der Waals surface area (Å²) in [5, 5.41) is 3.15. The molecule has 0 heterocycles. The number of hydrogen-bond donors (Lipinski definition) is 1. The van der Waals surface area contributed by atoms with Gasteiger partial charge in [0.2, 0.25) is 5.91 Å². The van der Waals surface area contributed by atoms with E-state index in [2.05, 4.69) is 5.32 Å². The third kappa shape index (κ3) is 6.01. The van der Waals surface area contributed by atoms with E-state index in [9.17, 15) is 4.79 Å². The second-order valence-electron chi connectivity index (χ2n) is 6.81. The first-order chi connectivity index (χ1) is 14.7. The third-order valence-corrected chi connectivity index (χ3v) is 4.76. The van der Waals surface area contributed by atoms with Crippen LogP contribution < -0.4 is 19.5 Å². The molecule has 3 aromatic carbocycles. The maximum Gasteiger partial charge on any atom is 0.220 e. The van der Waals surface area contributed by atoms with Crippen LogP contribution in [0.15, 0.2) is 78.9 Å². The summed E-state index contributed by atoms with van der Waals surface area (Å²) in [6.07, 6.45) is 1.01. The van der Waals surface area contributed by atoms with Crippen molar-refractivity contribution < 1.29 is 19.0 Å². The Bertz CT molecular complexity index is 908. The Morgan fingerprint density at radius 1 is 0.767 bits per heavy atom. The molecule has 5 nitrogen and oxygen atoms in total. The molecular formula is C25H27NO4. The average molecular weight is 405 g/mol. The van der Waals surface area contributed by atoms with Gasteiger partial charge in [-0.1, -0.05) is 42.5 Å². The number of rotatable bonds is 10. The van der Waals surface area contributed by atoms with E-state index in [1.54, 1.807) is 14.2 Å². The molecule has 1 amide bonds. The Balaban J connectivity index is 1.56. The molecule has 0 saturated heterocycles. The molecule has 5 heteroatoms. The molecule has 30 heavy (non-hydrogen) atoms. The lowest BCUT2D eigenvalue weighted by Gasteiger charge is -2.20. The van der Waals surface area contributed by atoms with Crippen LogP contribution in [0, 0.1) is 0 Å². The highest BCUT2D eigenvalue weighted by Crippen LogP contribution is 2.24. The largest absolute Gasteiger partial charge is 0.497 e. The van der Waals surface area contributed by atoms with E-state index in [-0.39, 0.29) is 11.9 Å². The molecule has 1 N–H and O–H groups in total. The van der Waals surface area contributed by atoms with E-state index in [0.29, 0.717) is 19.4 Å². The molecule has 3 aromatic rings. The van der Waals surface area contributed by atoms with Crippen molar-refractivity contribution >= 4 is 5.91 Å². The molecule has 1 atom stereocenters. The monoisotopic (exact) mass is 405 g/mol. The standard InChI is InChI=1S/C25H27NO4/c1-28-21-12-10-20(11-13-21)25(19-7-4-3-5-8-19)26-24(27)9-6-18-30-23-16-14-22(29-2)15-17-23/h3-5,7-8,10-17,25H,6,9,18H2,1-2H3,(H,26,27). The first kappa shape index (κ1) is 21.2. The summed E-state index contributed by atoms with van der Waals surface area (Å²) in [5.74, 6) is 2.31. The minimum absolute atomic E-state index is 0.0157. The van der Waals surface area contributed by atoms with Crippen LogP contribution in [0.4, 0.5) is 0 Å². The van der Waals surface area contributed by atoms with Gasteiger partial charge in [0.05, 0.1) is 26.9 Å². The number of nitrogens with one attached hydrogen (secondary N) is 1. The number of carbonyl (C=O) groups excluding carboxylic acids is 1. The van der Waals surface area contributed by atoms with Crippen LogP contribution in [0.3, 0.4) is 0 Å². The molecule has 0 aromatic heterocycles. The Kier molecular flexibility index (Phi) is 7.72. The summed E-state index contributed by atoms with van der Waals surface area (Å²) in [4.78, 5) is 12.6. The van der Waals surface area contributed by atoms with Crippen molar-refractivity contribution in [3.63, 3.8) is 0 Å². The SMILES string of the molecule is COc1ccc(OCCCC(=O)NC(c2ccccc2)c2ccc(OC)cc2)cc1. The zero-order chi connectivity index (χ0) is 21.2. The van der Waals surface area contributed by atoms with Gasteiger partial charge < -0.3 is 19.5 Å². The second kappa shape index (κ2) is 10.9. The highest BCUT2D eigenvalue weighted by atomic mass is 16.5. The van der Waals surface area contributed by atoms with Crippen molar-refractivity contribution in [3.05, 3.63) is 90.0 Å². The number of benzene rings is 3. The molecule has 0 aliphatic carbocycles. The highest BCUT2D eigenvalue weighted by molar-refractivity contribution is 5.77. The normalized spacial score (nSPS) is 11.4. The number of methoxy groups -OCH3 is 2. The zero-order valence-electron chi connectivity index (χ0n) is 17.3. The van der Waals surface area contributed by atoms with Gasteiger partial charge in [0.1, 0.15) is 17.2 Å². The van der Waals surface area contributed by atoms with Gasteiger partial charge in [-0.2, -0.15) is 0 Å². The van der Waals surface area contributed by atoms with E-state index >= 15 is 0 Å². The molecule has 0 radical (unpaired) electrons. The second-order valence-corrected chi connectivity index (χ2v) is 6.81. The molecule has 0 bridgehead atoms. The summed E-state index contributed by atoms with van der Waals surface area (Å²) in [6, 6.07) is 24.9. The van der Waals surface area contributed by atoms with Gasteiger partial charge in [-0.15, -0.1) is 0 Å². The number of hydrogen-bond acceptors (Lipinski definition) is 4. The van der Waals surface area contributed by atoms with Gasteiger partial charge in [-0.25, -0.2) is 0 Å². The summed E-state index contributed by atoms with van der Waals surface area (Å²) in [7, 11) is 3.27. The van der Waals surface area contributed by atoms with Crippen molar-refractivity contribution in [2.75, 3.05) is 20.8 Å². The van der Waals surface area contributed by atoms with E-state index in [0.717, 1.165) is 28.4 Å². The minimum Gasteiger partial charge on any atom is -0.497 e. The van der Waals surface area contributed by atoms with Crippen molar-refractivity contribution in [2.45, 2.75) is 18.9 Å². The molecule has 1 unspecified atom stereocenters. The van der Waals surface area contributed by atoms with Crippen molar-refractivity contribution in [3.8, 4) is 17.2 Å². The topological polar surface area (TPSA) is 56.8 Å². The number of carbonyl (C=O) groups is 1. The van der Waals surface area contributed by atoms with E-state index in [4.69, 9.17) is 14.2 Å². The minimum atomic E-state index is -0.216. The Labute approximate surface area is 177 Å². The van der Waals surface area contributed by atoms with Crippen LogP contribution in [0.5, 0.6) is 17.2 Å². The van der Waals surface area contributed by atoms with Gasteiger partial charge >= 0.3 is 0 Å². The summed E-state index contributed by atoms with van der Waals surface area (Å²) in [6.45, 7) is 0.471. The smallest absolute Gasteiger partial charge is 0.220 e. The molecule has 3 rings (SSSR count). The lowest BCUT2D eigenvalue weighted by molar-refractivity contribution is -0.121. The summed E-state index contributed by atoms with van der Waals surface area (Å²) in [5.41, 5.74) is 2.04. The van der Waals surface area contributed by atoms with E-state index in [1.807, 2.05) is 78.9 Å². The quantitative estimate of drug-likeness (QED) is 0.494. The van der Waals surface area contributed by atoms with Crippen LogP contribution in [-0.2, 0) is 4.79 Å². The van der Waals surface area contributed by atoms with Gasteiger partial charge in [0, 0.05) is 6.42 Å². The average Bonchev–Trinajstić information content (AvgIpc) is 2.81. The highest BCUT2D eigenvalue weighted by Gasteiger charge is 2.16. The predicted octanol–water partition coefficient (Wildman–Crippen LogP) is 4.77. The molecule has 0 fully saturated rings. The fourth-order valence-electron chi connectivity index (χ4n) is 3.13. The molecule has 156 valence electrons. The van der Waals surface area contributed by atoms with Gasteiger partial charge in [-0.05, 0) is 53.9 Å². The van der Waals surface area contributed by atoms with Crippen LogP contribution in [0.2, 0.25) is 0 Å². The molecule has 0 saturated carbocycles. The third-order valence-electron chi connectivity index (χ3n) is 4.76. The van der Waals surface area contributed by atoms with Crippen molar-refractivity contribution in [1.29, 1.82) is 0 Å². The maximum absolute atomic E-state index is 12.6. The fraction of sp³-hybridized carbons (Fsp3) is 0.240. The van der Waals surface area contributed by atoms with Gasteiger partial charge in [0.25, 0.3) is 0 Å². The van der Waals surface area contributed by atoms with E-state index < -0.39 is 0 Å². The molecule has 0 aliphatic rings. The summed E-state index contributed by atoms with van der Waals surface area (Å²) < 4.78 is 16.1. The summed E-state index contributed by atoms with van der Waals surface area (Å²) >= 11 is 0. The molecule has 0 aliphatic heterocycles. The van der Waals surface area contributed by atoms with Crippen LogP contribution >= 0.6 is 0 Å². The van der Waals surface area contributed by atoms with Crippen molar-refractivity contribution in [1.82, 2.24) is 5.32 Å². The lowest BCUT2D eigenvalue weighted by atomic mass is 9.98. The Morgan fingerprint density at radius 2 is 1.30 bits per heavy atom. The van der Waals surface area contributed by atoms with Crippen LogP contribution in [0.1, 0.15) is 30.0 Å². The number of ether oxygens (including phenoxy) is 3. The first-order valence-electron chi connectivity index (χ1n) is 9.94. The predicted molar refractivity (Wildman–Crippen MR) is 117 cm³/mol. The van der Waals surface area contributed by atoms with Crippen LogP contribution in [0.25, 0.3) is 0 Å². The molecule has 0 spiro atoms. The van der Waals surface area contributed by atoms with Gasteiger partial charge in [0.15, 0.2) is 0 Å². The van der Waals surface area contributed by atoms with Crippen molar-refractivity contribution in [2.24, 2.45) is 0 Å². The molecular weight excluding hydrogens is 378 g/mol. The Morgan fingerprint density at radius 3 is 1.90 bits per heavy atom. The van der Waals surface area contributed by atoms with Crippen LogP contribution in [-0.4, -0.2) is 26.7 Å². The van der Waals surface area contributed by atoms with Gasteiger partial charge in [-0.3, -0.25) is 4.79 Å². The number of amides is 1.